The predicted molar refractivity (Wildman–Crippen MR) is 16.9 cm³/mol. The van der Waals surface area contributed by atoms with Crippen LogP contribution in [-0.2, 0) is 72.1 Å². The zero-order valence-corrected chi connectivity index (χ0v) is 9.36. The van der Waals surface area contributed by atoms with E-state index in [0.717, 1.165) is 0 Å². The first kappa shape index (κ1) is 540. The van der Waals surface area contributed by atoms with Crippen LogP contribution >= 0.6 is 0 Å². The van der Waals surface area contributed by atoms with E-state index in [1.807, 2.05) is 0 Å². The maximum atomic E-state index is 0. The van der Waals surface area contributed by atoms with Gasteiger partial charge in [0.25, 0.3) is 0 Å². The van der Waals surface area contributed by atoms with Crippen molar-refractivity contribution in [1.29, 1.82) is 0 Å². The van der Waals surface area contributed by atoms with Crippen molar-refractivity contribution in [2.24, 2.45) is 0 Å². The number of hydrogen-bond donors (Lipinski definition) is 0. The third-order valence-electron chi connectivity index (χ3n) is 0. The van der Waals surface area contributed by atoms with Crippen LogP contribution in [0.5, 0.6) is 0 Å². The molecule has 56 valence electrons. The Morgan fingerprint density at radius 2 is 0.333 bits per heavy atom. The Bertz CT molecular complexity index is 12.9. The maximum absolute atomic E-state index is 0. The van der Waals surface area contributed by atoms with E-state index < -0.39 is 0 Å². The molecule has 0 rings (SSSR count). The van der Waals surface area contributed by atoms with Crippen molar-refractivity contribution >= 4 is 0 Å². The van der Waals surface area contributed by atoms with Crippen LogP contribution in [0.2, 0.25) is 0 Å². The summed E-state index contributed by atoms with van der Waals surface area (Å²) < 4.78 is 0. The molecule has 0 aliphatic heterocycles. The molecule has 0 spiro atoms. The van der Waals surface area contributed by atoms with E-state index >= 15 is 0 Å². The summed E-state index contributed by atoms with van der Waals surface area (Å²) >= 11 is 0. The van der Waals surface area contributed by atoms with Crippen molar-refractivity contribution in [2.75, 3.05) is 0 Å². The van der Waals surface area contributed by atoms with E-state index in [1.54, 1.807) is 0 Å². The molecule has 0 aliphatic rings. The summed E-state index contributed by atoms with van der Waals surface area (Å²) in [6.45, 7) is 0. The molecule has 0 aromatic carbocycles. The van der Waals surface area contributed by atoms with Gasteiger partial charge in [0.15, 0.2) is 0 Å². The summed E-state index contributed by atoms with van der Waals surface area (Å²) in [6, 6.07) is 0. The van der Waals surface area contributed by atoms with E-state index in [-0.39, 0.29) is 87.0 Å². The van der Waals surface area contributed by atoms with Crippen molar-refractivity contribution in [2.45, 2.75) is 14.9 Å². The molecular weight excluding hydrogens is 466 g/mol. The molecule has 0 aromatic heterocycles. The Hall–Kier alpha value is 1.28. The molecule has 0 amide bonds. The van der Waals surface area contributed by atoms with Gasteiger partial charge in [0.05, 0.1) is 0 Å². The van der Waals surface area contributed by atoms with E-state index in [9.17, 15) is 0 Å². The van der Waals surface area contributed by atoms with E-state index in [4.69, 9.17) is 0 Å². The van der Waals surface area contributed by atoms with Gasteiger partial charge in [-0.25, -0.2) is 0 Å². The summed E-state index contributed by atoms with van der Waals surface area (Å²) in [7, 11) is 0. The minimum absolute atomic E-state index is 0. The molecule has 0 fully saturated rings. The average molecular weight is 474 g/mol. The van der Waals surface area contributed by atoms with Gasteiger partial charge in [0, 0.05) is 0 Å². The van der Waals surface area contributed by atoms with Gasteiger partial charge in [0.1, 0.15) is 0 Å². The van der Waals surface area contributed by atoms with Crippen molar-refractivity contribution in [3.05, 3.63) is 0 Å². The molecule has 0 aliphatic carbocycles. The molecule has 0 saturated carbocycles. The topological polar surface area (TPSA) is 142 Å². The van der Waals surface area contributed by atoms with Crippen LogP contribution in [0.25, 0.3) is 0 Å². The van der Waals surface area contributed by atoms with Gasteiger partial charge in [-0.3, -0.25) is 0 Å². The molecule has 0 atom stereocenters. The second kappa shape index (κ2) is 388. The Morgan fingerprint density at radius 1 is 0.333 bits per heavy atom. The molecule has 0 unspecified atom stereocenters. The standard InChI is InChI=1S/2CH4.5O.2Ta/h2*1H4;;;;;;;/q;;5*-2;2*+5. The van der Waals surface area contributed by atoms with Crippen molar-refractivity contribution in [3.63, 3.8) is 0 Å². The summed E-state index contributed by atoms with van der Waals surface area (Å²) in [6.07, 6.45) is 0. The third kappa shape index (κ3) is 300. The molecule has 0 radical (unpaired) electrons. The maximum Gasteiger partial charge on any atom is 5.00 e. The van der Waals surface area contributed by atoms with E-state index in [0.29, 0.717) is 0 Å². The number of rotatable bonds is 0. The molecule has 0 heterocycles. The summed E-state index contributed by atoms with van der Waals surface area (Å²) in [4.78, 5) is 0. The fourth-order valence-corrected chi connectivity index (χ4v) is 0. The Morgan fingerprint density at radius 3 is 0.333 bits per heavy atom. The first-order chi connectivity index (χ1) is 0. The predicted octanol–water partition coefficient (Wildman–Crippen LogP) is 0.673. The van der Waals surface area contributed by atoms with Crippen LogP contribution in [0.3, 0.4) is 0 Å². The van der Waals surface area contributed by atoms with Crippen LogP contribution < -0.4 is 0 Å². The van der Waals surface area contributed by atoms with Gasteiger partial charge >= 0.3 is 44.8 Å². The monoisotopic (exact) mass is 474 g/mol. The fourth-order valence-electron chi connectivity index (χ4n) is 0. The Kier molecular flexibility index (Phi) is 23300. The Balaban J connectivity index is 0. The number of hydrogen-bond acceptors (Lipinski definition) is 0. The van der Waals surface area contributed by atoms with Gasteiger partial charge in [-0.15, -0.1) is 0 Å². The first-order valence-electron chi connectivity index (χ1n) is 0. The van der Waals surface area contributed by atoms with Crippen molar-refractivity contribution < 1.29 is 72.1 Å². The van der Waals surface area contributed by atoms with E-state index in [1.165, 1.54) is 0 Å². The quantitative estimate of drug-likeness (QED) is 0.487. The molecule has 5 nitrogen and oxygen atoms in total. The van der Waals surface area contributed by atoms with Gasteiger partial charge < -0.3 is 27.4 Å². The molecule has 0 aromatic rings. The van der Waals surface area contributed by atoms with Crippen LogP contribution in [-0.4, -0.2) is 0 Å². The fraction of sp³-hybridized carbons (Fsp3) is 1.00. The smallest absolute Gasteiger partial charge is 2.00 e. The zero-order chi connectivity index (χ0) is 0. The SMILES string of the molecule is C.C.[O-2].[O-2].[O-2].[O-2].[O-2].[Ta+5].[Ta+5]. The normalized spacial score (nSPS) is 0. The molecular formula is C2H8O5Ta2. The minimum Gasteiger partial charge on any atom is -2.00 e. The van der Waals surface area contributed by atoms with Gasteiger partial charge in [-0.2, -0.15) is 0 Å². The van der Waals surface area contributed by atoms with E-state index in [2.05, 4.69) is 0 Å². The van der Waals surface area contributed by atoms with Crippen LogP contribution in [0.15, 0.2) is 0 Å². The largest absolute Gasteiger partial charge is 5.00 e. The summed E-state index contributed by atoms with van der Waals surface area (Å²) in [5.41, 5.74) is 0. The van der Waals surface area contributed by atoms with Crippen LogP contribution in [0.4, 0.5) is 0 Å². The second-order valence-corrected chi connectivity index (χ2v) is 0. The Labute approximate surface area is 86.8 Å². The average Bonchev–Trinajstić information content (AvgIpc) is 0. The van der Waals surface area contributed by atoms with Gasteiger partial charge in [-0.05, 0) is 0 Å². The van der Waals surface area contributed by atoms with Gasteiger partial charge in [0.2, 0.25) is 0 Å². The molecule has 9 heavy (non-hydrogen) atoms. The second-order valence-electron chi connectivity index (χ2n) is 0. The molecule has 0 saturated heterocycles. The third-order valence-corrected chi connectivity index (χ3v) is 0. The summed E-state index contributed by atoms with van der Waals surface area (Å²) in [5.74, 6) is 0. The molecule has 7 heteroatoms. The van der Waals surface area contributed by atoms with Crippen molar-refractivity contribution in [1.82, 2.24) is 0 Å². The molecule has 0 bridgehead atoms. The first-order valence-corrected chi connectivity index (χ1v) is 0. The van der Waals surface area contributed by atoms with Gasteiger partial charge in [-0.1, -0.05) is 14.9 Å². The molecule has 0 N–H and O–H groups in total. The van der Waals surface area contributed by atoms with Crippen LogP contribution in [0, 0.1) is 0 Å². The minimum atomic E-state index is 0. The van der Waals surface area contributed by atoms with Crippen LogP contribution in [0.1, 0.15) is 14.9 Å². The zero-order valence-electron chi connectivity index (χ0n) is 2.94. The van der Waals surface area contributed by atoms with Crippen molar-refractivity contribution in [3.8, 4) is 0 Å². The summed E-state index contributed by atoms with van der Waals surface area (Å²) in [5, 5.41) is 0.